The topological polar surface area (TPSA) is 71.8 Å². The number of anilines is 1. The van der Waals surface area contributed by atoms with E-state index in [9.17, 15) is 4.79 Å². The maximum Gasteiger partial charge on any atom is 0.320 e. The molecule has 1 fully saturated rings. The zero-order valence-corrected chi connectivity index (χ0v) is 11.1. The largest absolute Gasteiger partial charge is 0.333 e. The van der Waals surface area contributed by atoms with Gasteiger partial charge in [-0.2, -0.15) is 9.47 Å². The van der Waals surface area contributed by atoms with Crippen LogP contribution < -0.4 is 10.6 Å². The molecule has 0 bridgehead atoms. The van der Waals surface area contributed by atoms with Crippen molar-refractivity contribution >= 4 is 22.6 Å². The van der Waals surface area contributed by atoms with Gasteiger partial charge in [0.1, 0.15) is 5.00 Å². The summed E-state index contributed by atoms with van der Waals surface area (Å²) in [6.07, 6.45) is 8.53. The van der Waals surface area contributed by atoms with E-state index in [1.54, 1.807) is 18.5 Å². The van der Waals surface area contributed by atoms with Gasteiger partial charge in [-0.25, -0.2) is 4.79 Å². The summed E-state index contributed by atoms with van der Waals surface area (Å²) in [7, 11) is 0. The molecule has 1 aliphatic carbocycles. The van der Waals surface area contributed by atoms with Gasteiger partial charge < -0.3 is 5.32 Å². The van der Waals surface area contributed by atoms with E-state index in [1.165, 1.54) is 11.5 Å². The Kier molecular flexibility index (Phi) is 3.45. The Morgan fingerprint density at radius 3 is 3.11 bits per heavy atom. The Balaban J connectivity index is 1.61. The van der Waals surface area contributed by atoms with Crippen LogP contribution in [0.2, 0.25) is 0 Å². The number of aromatic nitrogens is 3. The Morgan fingerprint density at radius 2 is 2.37 bits per heavy atom. The highest BCUT2D eigenvalue weighted by Gasteiger charge is 2.30. The van der Waals surface area contributed by atoms with Crippen molar-refractivity contribution in [3.8, 4) is 0 Å². The van der Waals surface area contributed by atoms with Gasteiger partial charge >= 0.3 is 6.03 Å². The lowest BCUT2D eigenvalue weighted by atomic mass is 10.2. The van der Waals surface area contributed by atoms with Crippen LogP contribution in [0.3, 0.4) is 0 Å². The molecule has 100 valence electrons. The first-order valence-corrected chi connectivity index (χ1v) is 7.07. The van der Waals surface area contributed by atoms with Crippen molar-refractivity contribution in [2.75, 3.05) is 5.32 Å². The molecular weight excluding hydrogens is 262 g/mol. The van der Waals surface area contributed by atoms with Crippen molar-refractivity contribution in [1.29, 1.82) is 0 Å². The zero-order chi connectivity index (χ0) is 13.1. The molecule has 0 spiro atoms. The average molecular weight is 277 g/mol. The first-order valence-electron chi connectivity index (χ1n) is 6.30. The van der Waals surface area contributed by atoms with E-state index < -0.39 is 0 Å². The van der Waals surface area contributed by atoms with Crippen LogP contribution in [-0.2, 0) is 0 Å². The smallest absolute Gasteiger partial charge is 0.320 e. The number of rotatable bonds is 3. The molecule has 2 heterocycles. The SMILES string of the molecule is O=C(Nc1ccns1)N[C@@H]1CCC[C@@H]1n1cccn1. The van der Waals surface area contributed by atoms with Crippen molar-refractivity contribution in [2.45, 2.75) is 31.3 Å². The summed E-state index contributed by atoms with van der Waals surface area (Å²) in [5, 5.41) is 10.8. The third-order valence-electron chi connectivity index (χ3n) is 3.34. The molecule has 2 atom stereocenters. The zero-order valence-electron chi connectivity index (χ0n) is 10.3. The molecule has 0 unspecified atom stereocenters. The summed E-state index contributed by atoms with van der Waals surface area (Å²) in [6.45, 7) is 0. The molecule has 7 heteroatoms. The van der Waals surface area contributed by atoms with Gasteiger partial charge in [-0.1, -0.05) is 0 Å². The fourth-order valence-corrected chi connectivity index (χ4v) is 2.99. The number of nitrogens with one attached hydrogen (secondary N) is 2. The minimum absolute atomic E-state index is 0.132. The van der Waals surface area contributed by atoms with E-state index in [0.29, 0.717) is 0 Å². The van der Waals surface area contributed by atoms with Gasteiger partial charge in [0, 0.05) is 18.6 Å². The Labute approximate surface area is 115 Å². The van der Waals surface area contributed by atoms with Gasteiger partial charge in [0.2, 0.25) is 0 Å². The van der Waals surface area contributed by atoms with Crippen LogP contribution in [-0.4, -0.2) is 26.2 Å². The molecule has 0 saturated heterocycles. The number of hydrogen-bond acceptors (Lipinski definition) is 4. The van der Waals surface area contributed by atoms with E-state index >= 15 is 0 Å². The second-order valence-electron chi connectivity index (χ2n) is 4.57. The van der Waals surface area contributed by atoms with Gasteiger partial charge in [0.25, 0.3) is 0 Å². The summed E-state index contributed by atoms with van der Waals surface area (Å²) >= 11 is 1.27. The number of urea groups is 1. The average Bonchev–Trinajstić information content (AvgIpc) is 3.09. The molecule has 2 N–H and O–H groups in total. The molecule has 0 aromatic carbocycles. The van der Waals surface area contributed by atoms with E-state index in [1.807, 2.05) is 16.9 Å². The number of carbonyl (C=O) groups is 1. The second kappa shape index (κ2) is 5.40. The summed E-state index contributed by atoms with van der Waals surface area (Å²) < 4.78 is 5.88. The third-order valence-corrected chi connectivity index (χ3v) is 4.00. The van der Waals surface area contributed by atoms with Crippen LogP contribution in [0, 0.1) is 0 Å². The molecule has 19 heavy (non-hydrogen) atoms. The number of carbonyl (C=O) groups excluding carboxylic acids is 1. The van der Waals surface area contributed by atoms with Crippen LogP contribution in [0.5, 0.6) is 0 Å². The summed E-state index contributed by atoms with van der Waals surface area (Å²) in [4.78, 5) is 11.9. The van der Waals surface area contributed by atoms with Crippen LogP contribution in [0.25, 0.3) is 0 Å². The van der Waals surface area contributed by atoms with Gasteiger partial charge in [-0.15, -0.1) is 0 Å². The third kappa shape index (κ3) is 2.76. The van der Waals surface area contributed by atoms with Crippen molar-refractivity contribution < 1.29 is 4.79 Å². The van der Waals surface area contributed by atoms with Crippen LogP contribution in [0.1, 0.15) is 25.3 Å². The molecular formula is C12H15N5OS. The normalized spacial score (nSPS) is 22.3. The van der Waals surface area contributed by atoms with Crippen molar-refractivity contribution in [3.63, 3.8) is 0 Å². The predicted octanol–water partition coefficient (Wildman–Crippen LogP) is 2.25. The van der Waals surface area contributed by atoms with Gasteiger partial charge in [0.05, 0.1) is 12.1 Å². The number of nitrogens with zero attached hydrogens (tertiary/aromatic N) is 3. The van der Waals surface area contributed by atoms with Crippen LogP contribution in [0.15, 0.2) is 30.7 Å². The van der Waals surface area contributed by atoms with E-state index in [-0.39, 0.29) is 18.1 Å². The van der Waals surface area contributed by atoms with Crippen LogP contribution in [0.4, 0.5) is 9.80 Å². The first kappa shape index (κ1) is 12.2. The van der Waals surface area contributed by atoms with E-state index in [2.05, 4.69) is 20.1 Å². The predicted molar refractivity (Wildman–Crippen MR) is 73.2 cm³/mol. The van der Waals surface area contributed by atoms with Crippen LogP contribution >= 0.6 is 11.5 Å². The monoisotopic (exact) mass is 277 g/mol. The molecule has 2 aromatic heterocycles. The lowest BCUT2D eigenvalue weighted by molar-refractivity contribution is 0.244. The Hall–Kier alpha value is -1.89. The highest BCUT2D eigenvalue weighted by Crippen LogP contribution is 2.29. The van der Waals surface area contributed by atoms with Crippen molar-refractivity contribution in [1.82, 2.24) is 19.5 Å². The maximum atomic E-state index is 11.9. The summed E-state index contributed by atoms with van der Waals surface area (Å²) in [5.74, 6) is 0. The minimum atomic E-state index is -0.173. The standard InChI is InChI=1S/C12H15N5OS/c18-12(16-11-5-7-14-19-11)15-9-3-1-4-10(9)17-8-2-6-13-17/h2,5-10H,1,3-4H2,(H2,15,16,18)/t9-,10+/m1/s1. The van der Waals surface area contributed by atoms with Gasteiger partial charge in [-0.05, 0) is 42.9 Å². The quantitative estimate of drug-likeness (QED) is 0.904. The fourth-order valence-electron chi connectivity index (χ4n) is 2.50. The molecule has 2 aromatic rings. The molecule has 1 aliphatic rings. The molecule has 1 saturated carbocycles. The second-order valence-corrected chi connectivity index (χ2v) is 5.40. The Morgan fingerprint density at radius 1 is 1.42 bits per heavy atom. The molecule has 0 aliphatic heterocycles. The van der Waals surface area contributed by atoms with Gasteiger partial charge in [0.15, 0.2) is 0 Å². The molecule has 2 amide bonds. The molecule has 3 rings (SSSR count). The molecule has 6 nitrogen and oxygen atoms in total. The fraction of sp³-hybridized carbons (Fsp3) is 0.417. The van der Waals surface area contributed by atoms with Crippen molar-refractivity contribution in [2.24, 2.45) is 0 Å². The maximum absolute atomic E-state index is 11.9. The Bertz CT molecular complexity index is 524. The minimum Gasteiger partial charge on any atom is -0.333 e. The van der Waals surface area contributed by atoms with E-state index in [4.69, 9.17) is 0 Å². The summed E-state index contributed by atoms with van der Waals surface area (Å²) in [6, 6.07) is 3.90. The van der Waals surface area contributed by atoms with Crippen molar-refractivity contribution in [3.05, 3.63) is 30.7 Å². The van der Waals surface area contributed by atoms with E-state index in [0.717, 1.165) is 24.3 Å². The van der Waals surface area contributed by atoms with Gasteiger partial charge in [-0.3, -0.25) is 10.00 Å². The number of amides is 2. The highest BCUT2D eigenvalue weighted by molar-refractivity contribution is 7.10. The lowest BCUT2D eigenvalue weighted by Gasteiger charge is -2.21. The lowest BCUT2D eigenvalue weighted by Crippen LogP contribution is -2.40. The first-order chi connectivity index (χ1) is 9.33. The number of hydrogen-bond donors (Lipinski definition) is 2. The summed E-state index contributed by atoms with van der Waals surface area (Å²) in [5.41, 5.74) is 0. The molecule has 0 radical (unpaired) electrons. The highest BCUT2D eigenvalue weighted by atomic mass is 32.1.